The van der Waals surface area contributed by atoms with Crippen LogP contribution in [0.4, 0.5) is 10.1 Å². The summed E-state index contributed by atoms with van der Waals surface area (Å²) in [6.07, 6.45) is 2.96. The number of nitro groups is 1. The van der Waals surface area contributed by atoms with Gasteiger partial charge >= 0.3 is 5.69 Å². The summed E-state index contributed by atoms with van der Waals surface area (Å²) in [5, 5.41) is 14.5. The fourth-order valence-corrected chi connectivity index (χ4v) is 2.08. The first-order valence-electron chi connectivity index (χ1n) is 6.69. The Hall–Kier alpha value is -3.22. The maximum absolute atomic E-state index is 12.9. The van der Waals surface area contributed by atoms with E-state index in [1.807, 2.05) is 0 Å². The molecule has 0 atom stereocenters. The summed E-state index contributed by atoms with van der Waals surface area (Å²) in [7, 11) is 0. The molecule has 3 aromatic rings. The number of aromatic nitrogens is 1. The van der Waals surface area contributed by atoms with Crippen molar-refractivity contribution in [1.29, 1.82) is 0 Å². The van der Waals surface area contributed by atoms with Gasteiger partial charge in [0.15, 0.2) is 5.69 Å². The topological polar surface area (TPSA) is 82.3 Å². The Morgan fingerprint density at radius 1 is 1.17 bits per heavy atom. The summed E-state index contributed by atoms with van der Waals surface area (Å²) in [5.74, 6) is 0.765. The maximum atomic E-state index is 12.9. The number of nitrogens with zero attached hydrogens (tertiary/aromatic N) is 2. The van der Waals surface area contributed by atoms with Crippen LogP contribution in [0, 0.1) is 22.9 Å². The Kier molecular flexibility index (Phi) is 3.76. The first-order chi connectivity index (χ1) is 11.0. The van der Waals surface area contributed by atoms with Crippen molar-refractivity contribution in [2.45, 2.75) is 6.92 Å². The largest absolute Gasteiger partial charge is 0.457 e. The van der Waals surface area contributed by atoms with Crippen molar-refractivity contribution in [3.05, 3.63) is 69.5 Å². The summed E-state index contributed by atoms with van der Waals surface area (Å²) >= 11 is 0. The van der Waals surface area contributed by atoms with E-state index in [9.17, 15) is 14.5 Å². The second-order valence-electron chi connectivity index (χ2n) is 4.78. The SMILES string of the molecule is Cc1noc(C=Cc2ccc(-c3ccc(F)cc3)o2)c1[N+](=O)[O-]. The highest BCUT2D eigenvalue weighted by atomic mass is 19.1. The summed E-state index contributed by atoms with van der Waals surface area (Å²) in [6, 6.07) is 9.32. The molecule has 23 heavy (non-hydrogen) atoms. The minimum atomic E-state index is -0.544. The van der Waals surface area contributed by atoms with E-state index in [1.54, 1.807) is 30.3 Å². The molecule has 7 heteroatoms. The fourth-order valence-electron chi connectivity index (χ4n) is 2.08. The van der Waals surface area contributed by atoms with E-state index in [1.165, 1.54) is 25.1 Å². The summed E-state index contributed by atoms with van der Waals surface area (Å²) in [4.78, 5) is 10.4. The standard InChI is InChI=1S/C16H11FN2O4/c1-10-16(19(20)21)15(23-18-10)9-7-13-6-8-14(22-13)11-2-4-12(17)5-3-11/h2-9H,1H3. The van der Waals surface area contributed by atoms with E-state index < -0.39 is 4.92 Å². The minimum Gasteiger partial charge on any atom is -0.457 e. The molecule has 3 rings (SSSR count). The van der Waals surface area contributed by atoms with Crippen LogP contribution in [-0.4, -0.2) is 10.1 Å². The third-order valence-corrected chi connectivity index (χ3v) is 3.19. The molecular weight excluding hydrogens is 303 g/mol. The smallest absolute Gasteiger partial charge is 0.338 e. The Labute approximate surface area is 130 Å². The lowest BCUT2D eigenvalue weighted by Crippen LogP contribution is -1.89. The van der Waals surface area contributed by atoms with Crippen molar-refractivity contribution in [3.8, 4) is 11.3 Å². The second-order valence-corrected chi connectivity index (χ2v) is 4.78. The zero-order valence-corrected chi connectivity index (χ0v) is 12.0. The van der Waals surface area contributed by atoms with Crippen LogP contribution in [0.15, 0.2) is 45.3 Å². The second kappa shape index (κ2) is 5.88. The summed E-state index contributed by atoms with van der Waals surface area (Å²) in [6.45, 7) is 1.50. The molecule has 0 spiro atoms. The quantitative estimate of drug-likeness (QED) is 0.524. The van der Waals surface area contributed by atoms with Crippen molar-refractivity contribution >= 4 is 17.8 Å². The lowest BCUT2D eigenvalue weighted by molar-refractivity contribution is -0.386. The molecule has 0 aliphatic carbocycles. The van der Waals surface area contributed by atoms with Crippen LogP contribution in [0.2, 0.25) is 0 Å². The van der Waals surface area contributed by atoms with E-state index in [0.29, 0.717) is 11.5 Å². The molecule has 0 saturated carbocycles. The normalized spacial score (nSPS) is 11.2. The van der Waals surface area contributed by atoms with Gasteiger partial charge in [-0.3, -0.25) is 10.1 Å². The Balaban J connectivity index is 1.84. The highest BCUT2D eigenvalue weighted by Crippen LogP contribution is 2.26. The molecule has 0 N–H and O–H groups in total. The summed E-state index contributed by atoms with van der Waals surface area (Å²) in [5.41, 5.74) is 0.764. The van der Waals surface area contributed by atoms with E-state index in [0.717, 1.165) is 5.56 Å². The van der Waals surface area contributed by atoms with Gasteiger partial charge in [-0.05, 0) is 55.5 Å². The van der Waals surface area contributed by atoms with Gasteiger partial charge in [-0.15, -0.1) is 0 Å². The lowest BCUT2D eigenvalue weighted by atomic mass is 10.2. The van der Waals surface area contributed by atoms with Crippen molar-refractivity contribution in [2.24, 2.45) is 0 Å². The predicted octanol–water partition coefficient (Wildman–Crippen LogP) is 4.46. The molecule has 0 amide bonds. The first-order valence-corrected chi connectivity index (χ1v) is 6.69. The number of benzene rings is 1. The number of halogens is 1. The molecule has 0 unspecified atom stereocenters. The molecule has 2 aromatic heterocycles. The molecule has 0 fully saturated rings. The Bertz CT molecular complexity index is 878. The van der Waals surface area contributed by atoms with Crippen LogP contribution < -0.4 is 0 Å². The van der Waals surface area contributed by atoms with Gasteiger partial charge < -0.3 is 8.94 Å². The molecule has 116 valence electrons. The fraction of sp³-hybridized carbons (Fsp3) is 0.0625. The molecule has 0 aliphatic heterocycles. The van der Waals surface area contributed by atoms with Crippen molar-refractivity contribution in [2.75, 3.05) is 0 Å². The van der Waals surface area contributed by atoms with Crippen LogP contribution in [0.3, 0.4) is 0 Å². The number of hydrogen-bond acceptors (Lipinski definition) is 5. The van der Waals surface area contributed by atoms with E-state index >= 15 is 0 Å². The lowest BCUT2D eigenvalue weighted by Gasteiger charge is -1.95. The Morgan fingerprint density at radius 2 is 1.91 bits per heavy atom. The van der Waals surface area contributed by atoms with Crippen LogP contribution in [-0.2, 0) is 0 Å². The highest BCUT2D eigenvalue weighted by Gasteiger charge is 2.22. The van der Waals surface area contributed by atoms with E-state index in [4.69, 9.17) is 8.94 Å². The van der Waals surface area contributed by atoms with Crippen LogP contribution in [0.25, 0.3) is 23.5 Å². The van der Waals surface area contributed by atoms with Gasteiger partial charge in [-0.2, -0.15) is 0 Å². The molecule has 0 saturated heterocycles. The third kappa shape index (κ3) is 3.03. The molecule has 0 bridgehead atoms. The third-order valence-electron chi connectivity index (χ3n) is 3.19. The van der Waals surface area contributed by atoms with Gasteiger partial charge in [0, 0.05) is 5.56 Å². The zero-order valence-electron chi connectivity index (χ0n) is 12.0. The van der Waals surface area contributed by atoms with Crippen LogP contribution in [0.5, 0.6) is 0 Å². The van der Waals surface area contributed by atoms with Gasteiger partial charge in [-0.25, -0.2) is 4.39 Å². The number of furan rings is 1. The average Bonchev–Trinajstić information content (AvgIpc) is 3.12. The predicted molar refractivity (Wildman–Crippen MR) is 80.9 cm³/mol. The molecule has 1 aromatic carbocycles. The number of rotatable bonds is 4. The highest BCUT2D eigenvalue weighted by molar-refractivity contribution is 5.71. The number of aryl methyl sites for hydroxylation is 1. The van der Waals surface area contributed by atoms with E-state index in [2.05, 4.69) is 5.16 Å². The molecular formula is C16H11FN2O4. The van der Waals surface area contributed by atoms with Crippen LogP contribution >= 0.6 is 0 Å². The molecule has 2 heterocycles. The van der Waals surface area contributed by atoms with Gasteiger partial charge in [0.1, 0.15) is 17.3 Å². The van der Waals surface area contributed by atoms with Crippen molar-refractivity contribution in [3.63, 3.8) is 0 Å². The van der Waals surface area contributed by atoms with Gasteiger partial charge in [0.2, 0.25) is 5.76 Å². The monoisotopic (exact) mass is 314 g/mol. The molecule has 6 nitrogen and oxygen atoms in total. The maximum Gasteiger partial charge on any atom is 0.338 e. The molecule has 0 radical (unpaired) electrons. The van der Waals surface area contributed by atoms with Gasteiger partial charge in [-0.1, -0.05) is 5.16 Å². The van der Waals surface area contributed by atoms with E-state index in [-0.39, 0.29) is 23.0 Å². The minimum absolute atomic E-state index is 0.0484. The zero-order chi connectivity index (χ0) is 16.4. The number of hydrogen-bond donors (Lipinski definition) is 0. The Morgan fingerprint density at radius 3 is 2.61 bits per heavy atom. The van der Waals surface area contributed by atoms with Crippen LogP contribution in [0.1, 0.15) is 17.2 Å². The van der Waals surface area contributed by atoms with Gasteiger partial charge in [0.25, 0.3) is 0 Å². The average molecular weight is 314 g/mol. The molecule has 0 aliphatic rings. The van der Waals surface area contributed by atoms with Crippen molar-refractivity contribution in [1.82, 2.24) is 5.16 Å². The first kappa shape index (κ1) is 14.7. The summed E-state index contributed by atoms with van der Waals surface area (Å²) < 4.78 is 23.4. The van der Waals surface area contributed by atoms with Crippen molar-refractivity contribution < 1.29 is 18.3 Å². The van der Waals surface area contributed by atoms with Gasteiger partial charge in [0.05, 0.1) is 4.92 Å².